The second kappa shape index (κ2) is 5.79. The molecule has 0 amide bonds. The van der Waals surface area contributed by atoms with E-state index in [1.165, 1.54) is 6.33 Å². The number of hydrazine groups is 1. The lowest BCUT2D eigenvalue weighted by Gasteiger charge is -2.11. The van der Waals surface area contributed by atoms with Gasteiger partial charge < -0.3 is 10.7 Å². The molecular weight excluding hydrogens is 294 g/mol. The van der Waals surface area contributed by atoms with Crippen LogP contribution < -0.4 is 16.6 Å². The van der Waals surface area contributed by atoms with E-state index in [1.807, 2.05) is 25.1 Å². The van der Waals surface area contributed by atoms with Crippen LogP contribution in [0.25, 0.3) is 0 Å². The maximum atomic E-state index is 5.38. The number of aromatic nitrogens is 2. The smallest absolute Gasteiger partial charge is 0.148 e. The molecule has 0 spiro atoms. The highest BCUT2D eigenvalue weighted by Gasteiger charge is 2.06. The first-order valence-electron chi connectivity index (χ1n) is 5.48. The second-order valence-electron chi connectivity index (χ2n) is 3.79. The van der Waals surface area contributed by atoms with Crippen molar-refractivity contribution in [2.24, 2.45) is 5.84 Å². The molecule has 18 heavy (non-hydrogen) atoms. The third kappa shape index (κ3) is 2.77. The maximum absolute atomic E-state index is 5.38. The van der Waals surface area contributed by atoms with Crippen molar-refractivity contribution in [1.29, 1.82) is 0 Å². The first-order chi connectivity index (χ1) is 8.72. The van der Waals surface area contributed by atoms with Crippen LogP contribution >= 0.6 is 15.9 Å². The summed E-state index contributed by atoms with van der Waals surface area (Å²) >= 11 is 3.51. The predicted molar refractivity (Wildman–Crippen MR) is 76.0 cm³/mol. The minimum absolute atomic E-state index is 0.625. The van der Waals surface area contributed by atoms with E-state index in [1.54, 1.807) is 0 Å². The Morgan fingerprint density at radius 2 is 1.94 bits per heavy atom. The third-order valence-corrected chi connectivity index (χ3v) is 3.40. The van der Waals surface area contributed by atoms with Crippen LogP contribution in [0.15, 0.2) is 35.1 Å². The van der Waals surface area contributed by atoms with Crippen LogP contribution in [0.1, 0.15) is 11.1 Å². The van der Waals surface area contributed by atoms with Crippen molar-refractivity contribution >= 4 is 27.6 Å². The summed E-state index contributed by atoms with van der Waals surface area (Å²) in [6, 6.07) is 8.05. The van der Waals surface area contributed by atoms with Gasteiger partial charge in [0.25, 0.3) is 0 Å². The molecule has 94 valence electrons. The normalized spacial score (nSPS) is 10.2. The number of hydrogen-bond acceptors (Lipinski definition) is 5. The van der Waals surface area contributed by atoms with E-state index in [0.29, 0.717) is 12.4 Å². The lowest BCUT2D eigenvalue weighted by molar-refractivity contribution is 1.05. The fourth-order valence-electron chi connectivity index (χ4n) is 1.59. The van der Waals surface area contributed by atoms with E-state index < -0.39 is 0 Å². The number of nitrogens with one attached hydrogen (secondary N) is 2. The Hall–Kier alpha value is -1.66. The van der Waals surface area contributed by atoms with Gasteiger partial charge in [-0.3, -0.25) is 0 Å². The summed E-state index contributed by atoms with van der Waals surface area (Å²) in [5.41, 5.74) is 4.60. The van der Waals surface area contributed by atoms with Gasteiger partial charge in [-0.1, -0.05) is 34.1 Å². The molecule has 0 unspecified atom stereocenters. The van der Waals surface area contributed by atoms with E-state index in [9.17, 15) is 0 Å². The van der Waals surface area contributed by atoms with Crippen LogP contribution in [0.3, 0.4) is 0 Å². The number of rotatable bonds is 4. The summed E-state index contributed by atoms with van der Waals surface area (Å²) < 4.78 is 1.07. The summed E-state index contributed by atoms with van der Waals surface area (Å²) in [5, 5.41) is 3.27. The molecule has 6 heteroatoms. The number of anilines is 2. The number of nitrogens with two attached hydrogens (primary N) is 1. The van der Waals surface area contributed by atoms with E-state index in [2.05, 4.69) is 42.7 Å². The zero-order valence-corrected chi connectivity index (χ0v) is 11.5. The molecule has 0 atom stereocenters. The van der Waals surface area contributed by atoms with Crippen molar-refractivity contribution in [1.82, 2.24) is 9.97 Å². The molecule has 0 aliphatic rings. The van der Waals surface area contributed by atoms with E-state index >= 15 is 0 Å². The van der Waals surface area contributed by atoms with Crippen LogP contribution in [0, 0.1) is 6.92 Å². The molecule has 5 nitrogen and oxygen atoms in total. The molecule has 1 heterocycles. The molecule has 0 bridgehead atoms. The summed E-state index contributed by atoms with van der Waals surface area (Å²) in [4.78, 5) is 8.23. The summed E-state index contributed by atoms with van der Waals surface area (Å²) in [6.07, 6.45) is 1.48. The summed E-state index contributed by atoms with van der Waals surface area (Å²) in [6.45, 7) is 2.60. The topological polar surface area (TPSA) is 75.9 Å². The molecule has 0 saturated heterocycles. The summed E-state index contributed by atoms with van der Waals surface area (Å²) in [5.74, 6) is 6.77. The van der Waals surface area contributed by atoms with Gasteiger partial charge in [-0.15, -0.1) is 0 Å². The quantitative estimate of drug-likeness (QED) is 0.597. The van der Waals surface area contributed by atoms with Gasteiger partial charge in [0.2, 0.25) is 0 Å². The molecule has 0 fully saturated rings. The lowest BCUT2D eigenvalue weighted by Crippen LogP contribution is -2.12. The Bertz CT molecular complexity index is 544. The Morgan fingerprint density at radius 1 is 1.22 bits per heavy atom. The average molecular weight is 308 g/mol. The number of hydrogen-bond donors (Lipinski definition) is 3. The summed E-state index contributed by atoms with van der Waals surface area (Å²) in [7, 11) is 0. The Kier molecular flexibility index (Phi) is 4.11. The first kappa shape index (κ1) is 12.8. The van der Waals surface area contributed by atoms with Crippen molar-refractivity contribution < 1.29 is 0 Å². The van der Waals surface area contributed by atoms with E-state index in [-0.39, 0.29) is 0 Å². The minimum atomic E-state index is 0.625. The van der Waals surface area contributed by atoms with Crippen LogP contribution in [0.2, 0.25) is 0 Å². The zero-order chi connectivity index (χ0) is 13.0. The van der Waals surface area contributed by atoms with Gasteiger partial charge >= 0.3 is 0 Å². The van der Waals surface area contributed by atoms with Crippen LogP contribution in [-0.4, -0.2) is 9.97 Å². The van der Waals surface area contributed by atoms with Crippen molar-refractivity contribution in [3.63, 3.8) is 0 Å². The SMILES string of the molecule is Cc1c(NN)ncnc1NCc1ccccc1Br. The van der Waals surface area contributed by atoms with E-state index in [4.69, 9.17) is 5.84 Å². The van der Waals surface area contributed by atoms with Crippen molar-refractivity contribution in [2.75, 3.05) is 10.7 Å². The van der Waals surface area contributed by atoms with Crippen LogP contribution in [0.4, 0.5) is 11.6 Å². The molecule has 0 aliphatic heterocycles. The van der Waals surface area contributed by atoms with Gasteiger partial charge in [0.05, 0.1) is 0 Å². The number of nitrogen functional groups attached to an aromatic ring is 1. The molecular formula is C12H14BrN5. The highest BCUT2D eigenvalue weighted by Crippen LogP contribution is 2.20. The second-order valence-corrected chi connectivity index (χ2v) is 4.64. The van der Waals surface area contributed by atoms with Gasteiger partial charge in [0, 0.05) is 16.6 Å². The molecule has 0 radical (unpaired) electrons. The zero-order valence-electron chi connectivity index (χ0n) is 9.94. The molecule has 4 N–H and O–H groups in total. The molecule has 1 aromatic heterocycles. The monoisotopic (exact) mass is 307 g/mol. The molecule has 2 aromatic rings. The van der Waals surface area contributed by atoms with Gasteiger partial charge in [-0.2, -0.15) is 0 Å². The molecule has 0 aliphatic carbocycles. The fourth-order valence-corrected chi connectivity index (χ4v) is 2.02. The Balaban J connectivity index is 2.14. The average Bonchev–Trinajstić information content (AvgIpc) is 2.39. The fraction of sp³-hybridized carbons (Fsp3) is 0.167. The minimum Gasteiger partial charge on any atom is -0.366 e. The van der Waals surface area contributed by atoms with E-state index in [0.717, 1.165) is 21.4 Å². The molecule has 1 aromatic carbocycles. The Labute approximate surface area is 114 Å². The van der Waals surface area contributed by atoms with Crippen molar-refractivity contribution in [3.8, 4) is 0 Å². The first-order valence-corrected chi connectivity index (χ1v) is 6.27. The third-order valence-electron chi connectivity index (χ3n) is 2.62. The maximum Gasteiger partial charge on any atom is 0.148 e. The number of benzene rings is 1. The molecule has 0 saturated carbocycles. The largest absolute Gasteiger partial charge is 0.366 e. The lowest BCUT2D eigenvalue weighted by atomic mass is 10.2. The number of halogens is 1. The Morgan fingerprint density at radius 3 is 2.67 bits per heavy atom. The van der Waals surface area contributed by atoms with Crippen molar-refractivity contribution in [2.45, 2.75) is 13.5 Å². The van der Waals surface area contributed by atoms with Gasteiger partial charge in [0.1, 0.15) is 18.0 Å². The van der Waals surface area contributed by atoms with Crippen LogP contribution in [0.5, 0.6) is 0 Å². The molecule has 2 rings (SSSR count). The van der Waals surface area contributed by atoms with Gasteiger partial charge in [0.15, 0.2) is 0 Å². The standard InChI is InChI=1S/C12H14BrN5/c1-8-11(16-7-17-12(8)18-14)15-6-9-4-2-3-5-10(9)13/h2-5,7H,6,14H2,1H3,(H2,15,16,17,18). The van der Waals surface area contributed by atoms with Crippen LogP contribution in [-0.2, 0) is 6.54 Å². The van der Waals surface area contributed by atoms with Gasteiger partial charge in [-0.25, -0.2) is 15.8 Å². The highest BCUT2D eigenvalue weighted by molar-refractivity contribution is 9.10. The van der Waals surface area contributed by atoms with Crippen molar-refractivity contribution in [3.05, 3.63) is 46.2 Å². The predicted octanol–water partition coefficient (Wildman–Crippen LogP) is 2.45. The highest BCUT2D eigenvalue weighted by atomic mass is 79.9. The number of nitrogens with zero attached hydrogens (tertiary/aromatic N) is 2. The van der Waals surface area contributed by atoms with Gasteiger partial charge in [-0.05, 0) is 18.6 Å².